The molecule has 2 aromatic rings. The van der Waals surface area contributed by atoms with Gasteiger partial charge in [0.1, 0.15) is 25.1 Å². The maximum absolute atomic E-state index is 12.0. The van der Waals surface area contributed by atoms with Gasteiger partial charge in [0.2, 0.25) is 0 Å². The summed E-state index contributed by atoms with van der Waals surface area (Å²) in [5, 5.41) is 0. The first-order chi connectivity index (χ1) is 12.7. The molecule has 0 fully saturated rings. The zero-order chi connectivity index (χ0) is 18.4. The van der Waals surface area contributed by atoms with Crippen LogP contribution in [0.4, 0.5) is 4.39 Å². The van der Waals surface area contributed by atoms with Crippen molar-refractivity contribution in [2.24, 2.45) is 4.99 Å². The lowest BCUT2D eigenvalue weighted by Crippen LogP contribution is -2.24. The van der Waals surface area contributed by atoms with E-state index in [-0.39, 0.29) is 18.9 Å². The molecule has 1 heterocycles. The molecular formula is C21H24FNO3. The molecule has 0 saturated carbocycles. The quantitative estimate of drug-likeness (QED) is 0.667. The molecule has 1 aliphatic heterocycles. The molecule has 2 aromatic carbocycles. The van der Waals surface area contributed by atoms with Crippen molar-refractivity contribution in [1.82, 2.24) is 0 Å². The largest absolute Gasteiger partial charge is 0.489 e. The SMILES string of the molecule is Cc1cccc(-c2ccc(OC[C@H]3N=CC(COCCF)O3)cc2)c1C. The van der Waals surface area contributed by atoms with Crippen LogP contribution in [0.2, 0.25) is 0 Å². The van der Waals surface area contributed by atoms with Crippen LogP contribution in [0, 0.1) is 13.8 Å². The number of rotatable bonds is 8. The average molecular weight is 357 g/mol. The van der Waals surface area contributed by atoms with Crippen LogP contribution < -0.4 is 4.74 Å². The van der Waals surface area contributed by atoms with Gasteiger partial charge in [-0.15, -0.1) is 0 Å². The minimum absolute atomic E-state index is 0.0849. The molecule has 1 unspecified atom stereocenters. The lowest BCUT2D eigenvalue weighted by Gasteiger charge is -2.14. The summed E-state index contributed by atoms with van der Waals surface area (Å²) in [6, 6.07) is 14.4. The summed E-state index contributed by atoms with van der Waals surface area (Å²) in [5.74, 6) is 0.773. The van der Waals surface area contributed by atoms with Crippen molar-refractivity contribution in [1.29, 1.82) is 0 Å². The smallest absolute Gasteiger partial charge is 0.182 e. The summed E-state index contributed by atoms with van der Waals surface area (Å²) < 4.78 is 28.6. The van der Waals surface area contributed by atoms with Crippen molar-refractivity contribution >= 4 is 6.21 Å². The van der Waals surface area contributed by atoms with Crippen LogP contribution in [0.3, 0.4) is 0 Å². The van der Waals surface area contributed by atoms with Crippen molar-refractivity contribution in [3.8, 4) is 16.9 Å². The Morgan fingerprint density at radius 3 is 2.65 bits per heavy atom. The van der Waals surface area contributed by atoms with Gasteiger partial charge in [-0.2, -0.15) is 0 Å². The van der Waals surface area contributed by atoms with Gasteiger partial charge in [0.05, 0.1) is 13.2 Å². The number of nitrogens with zero attached hydrogens (tertiary/aromatic N) is 1. The van der Waals surface area contributed by atoms with Crippen molar-refractivity contribution in [3.05, 3.63) is 53.6 Å². The van der Waals surface area contributed by atoms with Gasteiger partial charge in [-0.1, -0.05) is 30.3 Å². The number of aryl methyl sites for hydroxylation is 1. The molecule has 3 rings (SSSR count). The Morgan fingerprint density at radius 2 is 1.88 bits per heavy atom. The van der Waals surface area contributed by atoms with E-state index in [0.717, 1.165) is 5.75 Å². The molecule has 26 heavy (non-hydrogen) atoms. The molecule has 0 amide bonds. The number of hydrogen-bond acceptors (Lipinski definition) is 4. The van der Waals surface area contributed by atoms with Gasteiger partial charge in [-0.05, 0) is 48.2 Å². The number of ether oxygens (including phenoxy) is 3. The molecule has 1 aliphatic rings. The van der Waals surface area contributed by atoms with E-state index in [1.165, 1.54) is 22.3 Å². The van der Waals surface area contributed by atoms with Gasteiger partial charge >= 0.3 is 0 Å². The van der Waals surface area contributed by atoms with Gasteiger partial charge in [0.15, 0.2) is 6.23 Å². The van der Waals surface area contributed by atoms with Crippen molar-refractivity contribution in [2.45, 2.75) is 26.2 Å². The van der Waals surface area contributed by atoms with Crippen LogP contribution in [0.5, 0.6) is 5.75 Å². The van der Waals surface area contributed by atoms with Gasteiger partial charge < -0.3 is 14.2 Å². The van der Waals surface area contributed by atoms with E-state index in [1.54, 1.807) is 6.21 Å². The van der Waals surface area contributed by atoms with Crippen molar-refractivity contribution < 1.29 is 18.6 Å². The highest BCUT2D eigenvalue weighted by Gasteiger charge is 2.21. The Balaban J connectivity index is 1.51. The van der Waals surface area contributed by atoms with Gasteiger partial charge in [0.25, 0.3) is 0 Å². The second-order valence-electron chi connectivity index (χ2n) is 6.27. The molecule has 0 spiro atoms. The Kier molecular flexibility index (Phi) is 6.36. The van der Waals surface area contributed by atoms with Crippen LogP contribution in [0.25, 0.3) is 11.1 Å². The summed E-state index contributed by atoms with van der Waals surface area (Å²) >= 11 is 0. The number of hydrogen-bond donors (Lipinski definition) is 0. The zero-order valence-electron chi connectivity index (χ0n) is 15.2. The summed E-state index contributed by atoms with van der Waals surface area (Å²) in [5.41, 5.74) is 4.97. The molecule has 0 aliphatic carbocycles. The molecule has 2 atom stereocenters. The highest BCUT2D eigenvalue weighted by Crippen LogP contribution is 2.27. The van der Waals surface area contributed by atoms with Gasteiger partial charge in [-0.25, -0.2) is 4.39 Å². The third-order valence-electron chi connectivity index (χ3n) is 4.42. The van der Waals surface area contributed by atoms with E-state index in [1.807, 2.05) is 12.1 Å². The summed E-state index contributed by atoms with van der Waals surface area (Å²) in [7, 11) is 0. The Morgan fingerprint density at radius 1 is 1.08 bits per heavy atom. The lowest BCUT2D eigenvalue weighted by molar-refractivity contribution is -0.0219. The van der Waals surface area contributed by atoms with Crippen molar-refractivity contribution in [2.75, 3.05) is 26.5 Å². The van der Waals surface area contributed by atoms with E-state index in [4.69, 9.17) is 14.2 Å². The predicted molar refractivity (Wildman–Crippen MR) is 101 cm³/mol. The normalized spacial score (nSPS) is 19.0. The van der Waals surface area contributed by atoms with E-state index >= 15 is 0 Å². The fourth-order valence-corrected chi connectivity index (χ4v) is 2.84. The summed E-state index contributed by atoms with van der Waals surface area (Å²) in [6.45, 7) is 4.50. The maximum atomic E-state index is 12.0. The summed E-state index contributed by atoms with van der Waals surface area (Å²) in [4.78, 5) is 4.25. The molecule has 5 heteroatoms. The molecule has 0 bridgehead atoms. The first-order valence-corrected chi connectivity index (χ1v) is 8.79. The maximum Gasteiger partial charge on any atom is 0.182 e. The third-order valence-corrected chi connectivity index (χ3v) is 4.42. The topological polar surface area (TPSA) is 40.0 Å². The van der Waals surface area contributed by atoms with Crippen LogP contribution in [0.1, 0.15) is 11.1 Å². The highest BCUT2D eigenvalue weighted by atomic mass is 19.1. The molecule has 0 N–H and O–H groups in total. The minimum atomic E-state index is -0.492. The Bertz CT molecular complexity index is 745. The van der Waals surface area contributed by atoms with E-state index in [0.29, 0.717) is 13.2 Å². The second-order valence-corrected chi connectivity index (χ2v) is 6.27. The van der Waals surface area contributed by atoms with E-state index in [2.05, 4.69) is 49.2 Å². The number of halogens is 1. The first kappa shape index (κ1) is 18.5. The fourth-order valence-electron chi connectivity index (χ4n) is 2.84. The standard InChI is InChI=1S/C21H24FNO3/c1-15-4-3-5-20(16(15)2)17-6-8-18(9-7-17)25-14-21-23-12-19(26-21)13-24-11-10-22/h3-9,12,19,21H,10-11,13-14H2,1-2H3/t19?,21-/m0/s1. The lowest BCUT2D eigenvalue weighted by atomic mass is 9.97. The van der Waals surface area contributed by atoms with Crippen LogP contribution in [-0.4, -0.2) is 45.0 Å². The average Bonchev–Trinajstić information content (AvgIpc) is 3.11. The number of aliphatic imine (C=N–C) groups is 1. The molecule has 138 valence electrons. The van der Waals surface area contributed by atoms with Gasteiger partial charge in [0, 0.05) is 6.21 Å². The number of alkyl halides is 1. The first-order valence-electron chi connectivity index (χ1n) is 8.79. The van der Waals surface area contributed by atoms with Crippen LogP contribution in [-0.2, 0) is 9.47 Å². The zero-order valence-corrected chi connectivity index (χ0v) is 15.2. The van der Waals surface area contributed by atoms with Gasteiger partial charge in [-0.3, -0.25) is 4.99 Å². The molecule has 0 saturated heterocycles. The second kappa shape index (κ2) is 8.92. The summed E-state index contributed by atoms with van der Waals surface area (Å²) in [6.07, 6.45) is 1.10. The monoisotopic (exact) mass is 357 g/mol. The van der Waals surface area contributed by atoms with Crippen LogP contribution in [0.15, 0.2) is 47.5 Å². The number of benzene rings is 2. The highest BCUT2D eigenvalue weighted by molar-refractivity contribution is 5.69. The van der Waals surface area contributed by atoms with Crippen molar-refractivity contribution in [3.63, 3.8) is 0 Å². The van der Waals surface area contributed by atoms with E-state index in [9.17, 15) is 4.39 Å². The predicted octanol–water partition coefficient (Wildman–Crippen LogP) is 4.13. The van der Waals surface area contributed by atoms with E-state index < -0.39 is 6.67 Å². The molecule has 0 radical (unpaired) electrons. The fraction of sp³-hybridized carbons (Fsp3) is 0.381. The Labute approximate surface area is 153 Å². The Hall–Kier alpha value is -2.24. The molecule has 4 nitrogen and oxygen atoms in total. The molecular weight excluding hydrogens is 333 g/mol. The molecule has 0 aromatic heterocycles. The minimum Gasteiger partial charge on any atom is -0.489 e. The van der Waals surface area contributed by atoms with Crippen LogP contribution >= 0.6 is 0 Å². The third kappa shape index (κ3) is 4.68.